The van der Waals surface area contributed by atoms with Crippen LogP contribution in [0.3, 0.4) is 0 Å². The van der Waals surface area contributed by atoms with E-state index in [0.717, 1.165) is 12.2 Å². The number of aryl methyl sites for hydroxylation is 1. The van der Waals surface area contributed by atoms with Gasteiger partial charge in [0.05, 0.1) is 18.2 Å². The minimum Gasteiger partial charge on any atom is -0.330 e. The van der Waals surface area contributed by atoms with Crippen LogP contribution in [0.1, 0.15) is 23.9 Å². The zero-order valence-electron chi connectivity index (χ0n) is 9.52. The highest BCUT2D eigenvalue weighted by atomic mass is 19.1. The van der Waals surface area contributed by atoms with Crippen molar-refractivity contribution in [2.45, 2.75) is 19.9 Å². The molecular formula is C13H12FN3. The second-order valence-electron chi connectivity index (χ2n) is 3.74. The largest absolute Gasteiger partial charge is 0.330 e. The summed E-state index contributed by atoms with van der Waals surface area (Å²) in [7, 11) is 0. The first kappa shape index (κ1) is 11.3. The molecule has 0 atom stereocenters. The van der Waals surface area contributed by atoms with E-state index in [1.165, 1.54) is 12.1 Å². The Morgan fingerprint density at radius 1 is 1.47 bits per heavy atom. The quantitative estimate of drug-likeness (QED) is 0.811. The number of hydrogen-bond acceptors (Lipinski definition) is 2. The van der Waals surface area contributed by atoms with Gasteiger partial charge in [0.1, 0.15) is 11.6 Å². The highest BCUT2D eigenvalue weighted by Crippen LogP contribution is 2.13. The maximum Gasteiger partial charge on any atom is 0.128 e. The first-order chi connectivity index (χ1) is 8.24. The van der Waals surface area contributed by atoms with Crippen molar-refractivity contribution in [1.82, 2.24) is 9.55 Å². The lowest BCUT2D eigenvalue weighted by Crippen LogP contribution is -2.05. The molecule has 0 fully saturated rings. The number of aromatic nitrogens is 2. The molecule has 2 aromatic rings. The van der Waals surface area contributed by atoms with Crippen LogP contribution in [0.25, 0.3) is 0 Å². The van der Waals surface area contributed by atoms with Gasteiger partial charge < -0.3 is 4.57 Å². The van der Waals surface area contributed by atoms with Gasteiger partial charge in [0.2, 0.25) is 0 Å². The lowest BCUT2D eigenvalue weighted by Gasteiger charge is -2.07. The topological polar surface area (TPSA) is 41.6 Å². The maximum absolute atomic E-state index is 13.6. The number of halogens is 1. The summed E-state index contributed by atoms with van der Waals surface area (Å²) in [5, 5.41) is 8.79. The molecule has 3 nitrogen and oxygen atoms in total. The van der Waals surface area contributed by atoms with E-state index >= 15 is 0 Å². The monoisotopic (exact) mass is 229 g/mol. The van der Waals surface area contributed by atoms with E-state index in [1.807, 2.05) is 23.8 Å². The third kappa shape index (κ3) is 2.34. The van der Waals surface area contributed by atoms with Gasteiger partial charge in [0, 0.05) is 24.4 Å². The van der Waals surface area contributed by atoms with Crippen LogP contribution in [-0.2, 0) is 13.0 Å². The van der Waals surface area contributed by atoms with Crippen LogP contribution in [0.15, 0.2) is 30.6 Å². The Morgan fingerprint density at radius 2 is 2.29 bits per heavy atom. The zero-order valence-corrected chi connectivity index (χ0v) is 9.52. The third-order valence-electron chi connectivity index (χ3n) is 2.63. The van der Waals surface area contributed by atoms with Crippen LogP contribution in [0.2, 0.25) is 0 Å². The Hall–Kier alpha value is -2.15. The van der Waals surface area contributed by atoms with Gasteiger partial charge in [0.25, 0.3) is 0 Å². The van der Waals surface area contributed by atoms with Gasteiger partial charge in [-0.3, -0.25) is 0 Å². The van der Waals surface area contributed by atoms with Crippen molar-refractivity contribution >= 4 is 0 Å². The van der Waals surface area contributed by atoms with Crippen molar-refractivity contribution in [3.05, 3.63) is 53.4 Å². The summed E-state index contributed by atoms with van der Waals surface area (Å²) in [5.74, 6) is 0.617. The summed E-state index contributed by atoms with van der Waals surface area (Å²) < 4.78 is 15.5. The van der Waals surface area contributed by atoms with Crippen LogP contribution < -0.4 is 0 Å². The lowest BCUT2D eigenvalue weighted by atomic mass is 10.1. The molecule has 1 aromatic carbocycles. The Morgan fingerprint density at radius 3 is 3.00 bits per heavy atom. The van der Waals surface area contributed by atoms with E-state index in [1.54, 1.807) is 12.3 Å². The van der Waals surface area contributed by atoms with Crippen molar-refractivity contribution in [3.63, 3.8) is 0 Å². The van der Waals surface area contributed by atoms with Crippen LogP contribution in [0, 0.1) is 17.1 Å². The van der Waals surface area contributed by atoms with E-state index in [2.05, 4.69) is 4.98 Å². The van der Waals surface area contributed by atoms with Gasteiger partial charge in [-0.05, 0) is 18.2 Å². The summed E-state index contributed by atoms with van der Waals surface area (Å²) in [4.78, 5) is 4.18. The molecule has 0 spiro atoms. The number of nitriles is 1. The fourth-order valence-corrected chi connectivity index (χ4v) is 1.75. The molecule has 0 N–H and O–H groups in total. The lowest BCUT2D eigenvalue weighted by molar-refractivity contribution is 0.594. The fourth-order valence-electron chi connectivity index (χ4n) is 1.75. The summed E-state index contributed by atoms with van der Waals surface area (Å²) in [6, 6.07) is 6.40. The first-order valence-corrected chi connectivity index (χ1v) is 5.43. The number of rotatable bonds is 3. The fraction of sp³-hybridized carbons (Fsp3) is 0.231. The van der Waals surface area contributed by atoms with E-state index < -0.39 is 0 Å². The molecule has 4 heteroatoms. The molecular weight excluding hydrogens is 217 g/mol. The predicted octanol–water partition coefficient (Wildman–Crippen LogP) is 2.50. The summed E-state index contributed by atoms with van der Waals surface area (Å²) >= 11 is 0. The number of imidazole rings is 1. The predicted molar refractivity (Wildman–Crippen MR) is 61.8 cm³/mol. The highest BCUT2D eigenvalue weighted by molar-refractivity contribution is 5.34. The van der Waals surface area contributed by atoms with Crippen LogP contribution in [0.4, 0.5) is 4.39 Å². The molecule has 0 bridgehead atoms. The summed E-state index contributed by atoms with van der Waals surface area (Å²) in [6.07, 6.45) is 4.31. The second-order valence-corrected chi connectivity index (χ2v) is 3.74. The molecule has 0 aliphatic rings. The van der Waals surface area contributed by atoms with Crippen molar-refractivity contribution in [2.75, 3.05) is 0 Å². The number of benzene rings is 1. The molecule has 1 heterocycles. The molecule has 0 amide bonds. The normalized spacial score (nSPS) is 10.2. The number of nitrogens with zero attached hydrogens (tertiary/aromatic N) is 3. The SMILES string of the molecule is CCc1nccn1Cc1cc(C#N)ccc1F. The molecule has 0 saturated heterocycles. The van der Waals surface area contributed by atoms with E-state index in [4.69, 9.17) is 5.26 Å². The molecule has 86 valence electrons. The smallest absolute Gasteiger partial charge is 0.128 e. The molecule has 0 aliphatic heterocycles. The average Bonchev–Trinajstić information content (AvgIpc) is 2.79. The van der Waals surface area contributed by atoms with E-state index in [-0.39, 0.29) is 5.82 Å². The van der Waals surface area contributed by atoms with Gasteiger partial charge in [0.15, 0.2) is 0 Å². The molecule has 1 aromatic heterocycles. The molecule has 0 saturated carbocycles. The van der Waals surface area contributed by atoms with Crippen LogP contribution in [0.5, 0.6) is 0 Å². The highest BCUT2D eigenvalue weighted by Gasteiger charge is 2.06. The Balaban J connectivity index is 2.33. The van der Waals surface area contributed by atoms with Crippen molar-refractivity contribution < 1.29 is 4.39 Å². The standard InChI is InChI=1S/C13H12FN3/c1-2-13-16-5-6-17(13)9-11-7-10(8-15)3-4-12(11)14/h3-7H,2,9H2,1H3. The molecule has 0 aliphatic carbocycles. The van der Waals surface area contributed by atoms with Crippen molar-refractivity contribution in [2.24, 2.45) is 0 Å². The summed E-state index contributed by atoms with van der Waals surface area (Å²) in [5.41, 5.74) is 0.983. The minimum atomic E-state index is -0.292. The zero-order chi connectivity index (χ0) is 12.3. The van der Waals surface area contributed by atoms with Crippen molar-refractivity contribution in [3.8, 4) is 6.07 Å². The van der Waals surface area contributed by atoms with E-state index in [0.29, 0.717) is 17.7 Å². The van der Waals surface area contributed by atoms with Crippen LogP contribution in [-0.4, -0.2) is 9.55 Å². The van der Waals surface area contributed by atoms with E-state index in [9.17, 15) is 4.39 Å². The van der Waals surface area contributed by atoms with Crippen LogP contribution >= 0.6 is 0 Å². The molecule has 0 unspecified atom stereocenters. The Bertz CT molecular complexity index is 566. The molecule has 0 radical (unpaired) electrons. The van der Waals surface area contributed by atoms with Gasteiger partial charge >= 0.3 is 0 Å². The summed E-state index contributed by atoms with van der Waals surface area (Å²) in [6.45, 7) is 2.41. The Kier molecular flexibility index (Phi) is 3.20. The second kappa shape index (κ2) is 4.79. The van der Waals surface area contributed by atoms with Gasteiger partial charge in [-0.2, -0.15) is 5.26 Å². The minimum absolute atomic E-state index is 0.292. The maximum atomic E-state index is 13.6. The average molecular weight is 229 g/mol. The third-order valence-corrected chi connectivity index (χ3v) is 2.63. The Labute approximate surface area is 99.1 Å². The van der Waals surface area contributed by atoms with Crippen molar-refractivity contribution in [1.29, 1.82) is 5.26 Å². The molecule has 2 rings (SSSR count). The van der Waals surface area contributed by atoms with Gasteiger partial charge in [-0.15, -0.1) is 0 Å². The van der Waals surface area contributed by atoms with Gasteiger partial charge in [-0.1, -0.05) is 6.92 Å². The number of hydrogen-bond donors (Lipinski definition) is 0. The first-order valence-electron chi connectivity index (χ1n) is 5.43. The van der Waals surface area contributed by atoms with Gasteiger partial charge in [-0.25, -0.2) is 9.37 Å². The molecule has 17 heavy (non-hydrogen) atoms.